The molecule has 0 saturated heterocycles. The van der Waals surface area contributed by atoms with Gasteiger partial charge in [0.15, 0.2) is 0 Å². The normalized spacial score (nSPS) is 28.1. The van der Waals surface area contributed by atoms with Gasteiger partial charge in [-0.05, 0) is 42.9 Å². The molecule has 1 nitrogen and oxygen atoms in total. The van der Waals surface area contributed by atoms with E-state index in [0.29, 0.717) is 6.42 Å². The molecule has 0 spiro atoms. The van der Waals surface area contributed by atoms with E-state index in [9.17, 15) is 9.50 Å². The molecule has 1 N–H and O–H groups in total. The van der Waals surface area contributed by atoms with E-state index in [-0.39, 0.29) is 5.82 Å². The smallest absolute Gasteiger partial charge is 0.123 e. The number of halogens is 1. The molecule has 2 heteroatoms. The zero-order chi connectivity index (χ0) is 13.7. The molecule has 0 amide bonds. The van der Waals surface area contributed by atoms with Crippen LogP contribution in [0.15, 0.2) is 24.3 Å². The predicted molar refractivity (Wildman–Crippen MR) is 76.5 cm³/mol. The zero-order valence-corrected chi connectivity index (χ0v) is 11.9. The Hall–Kier alpha value is -0.890. The van der Waals surface area contributed by atoms with Gasteiger partial charge in [0.25, 0.3) is 0 Å². The van der Waals surface area contributed by atoms with E-state index in [4.69, 9.17) is 0 Å². The monoisotopic (exact) mass is 264 g/mol. The fraction of sp³-hybridized carbons (Fsp3) is 0.647. The molecular weight excluding hydrogens is 239 g/mol. The van der Waals surface area contributed by atoms with E-state index in [1.807, 2.05) is 0 Å². The van der Waals surface area contributed by atoms with Crippen LogP contribution in [0, 0.1) is 11.7 Å². The fourth-order valence-corrected chi connectivity index (χ4v) is 3.32. The summed E-state index contributed by atoms with van der Waals surface area (Å²) in [6.45, 7) is 2.23. The third-order valence-electron chi connectivity index (χ3n) is 4.42. The van der Waals surface area contributed by atoms with Crippen molar-refractivity contribution in [3.8, 4) is 0 Å². The van der Waals surface area contributed by atoms with Crippen molar-refractivity contribution in [3.05, 3.63) is 35.6 Å². The molecule has 2 atom stereocenters. The third kappa shape index (κ3) is 4.31. The summed E-state index contributed by atoms with van der Waals surface area (Å²) in [4.78, 5) is 0. The van der Waals surface area contributed by atoms with Crippen LogP contribution in [0.5, 0.6) is 0 Å². The van der Waals surface area contributed by atoms with Gasteiger partial charge in [-0.25, -0.2) is 4.39 Å². The molecule has 2 unspecified atom stereocenters. The first-order valence-electron chi connectivity index (χ1n) is 7.58. The molecule has 0 radical (unpaired) electrons. The third-order valence-corrected chi connectivity index (χ3v) is 4.42. The number of rotatable bonds is 4. The van der Waals surface area contributed by atoms with Crippen LogP contribution in [0.2, 0.25) is 0 Å². The van der Waals surface area contributed by atoms with Crippen molar-refractivity contribution >= 4 is 0 Å². The van der Waals surface area contributed by atoms with Crippen molar-refractivity contribution in [1.82, 2.24) is 0 Å². The first-order valence-corrected chi connectivity index (χ1v) is 7.58. The molecule has 1 fully saturated rings. The Morgan fingerprint density at radius 3 is 2.63 bits per heavy atom. The van der Waals surface area contributed by atoms with E-state index in [1.165, 1.54) is 31.4 Å². The van der Waals surface area contributed by atoms with Crippen LogP contribution in [0.3, 0.4) is 0 Å². The minimum atomic E-state index is -0.583. The quantitative estimate of drug-likeness (QED) is 0.795. The van der Waals surface area contributed by atoms with Crippen molar-refractivity contribution in [1.29, 1.82) is 0 Å². The van der Waals surface area contributed by atoms with E-state index >= 15 is 0 Å². The van der Waals surface area contributed by atoms with Crippen molar-refractivity contribution in [3.63, 3.8) is 0 Å². The van der Waals surface area contributed by atoms with Crippen LogP contribution in [0.4, 0.5) is 4.39 Å². The molecule has 1 aromatic carbocycles. The SMILES string of the molecule is CCCC1CCCC(O)(Cc2ccc(F)cc2)CC1. The van der Waals surface area contributed by atoms with E-state index < -0.39 is 5.60 Å². The summed E-state index contributed by atoms with van der Waals surface area (Å²) < 4.78 is 12.9. The maximum Gasteiger partial charge on any atom is 0.123 e. The van der Waals surface area contributed by atoms with Crippen LogP contribution in [0.1, 0.15) is 57.4 Å². The van der Waals surface area contributed by atoms with Crippen molar-refractivity contribution in [2.24, 2.45) is 5.92 Å². The van der Waals surface area contributed by atoms with Crippen molar-refractivity contribution < 1.29 is 9.50 Å². The highest BCUT2D eigenvalue weighted by Crippen LogP contribution is 2.34. The Morgan fingerprint density at radius 2 is 1.95 bits per heavy atom. The maximum absolute atomic E-state index is 12.9. The maximum atomic E-state index is 12.9. The molecule has 0 aliphatic heterocycles. The fourth-order valence-electron chi connectivity index (χ4n) is 3.32. The topological polar surface area (TPSA) is 20.2 Å². The Labute approximate surface area is 115 Å². The summed E-state index contributed by atoms with van der Waals surface area (Å²) in [5, 5.41) is 10.8. The second-order valence-corrected chi connectivity index (χ2v) is 6.11. The Morgan fingerprint density at radius 1 is 1.21 bits per heavy atom. The molecule has 1 aliphatic rings. The zero-order valence-electron chi connectivity index (χ0n) is 11.9. The molecule has 1 aromatic rings. The van der Waals surface area contributed by atoms with Crippen LogP contribution in [-0.2, 0) is 6.42 Å². The van der Waals surface area contributed by atoms with Crippen LogP contribution in [0.25, 0.3) is 0 Å². The summed E-state index contributed by atoms with van der Waals surface area (Å²) in [5.74, 6) is 0.576. The summed E-state index contributed by atoms with van der Waals surface area (Å²) in [6, 6.07) is 6.55. The molecule has 0 heterocycles. The minimum Gasteiger partial charge on any atom is -0.390 e. The molecule has 0 bridgehead atoms. The average molecular weight is 264 g/mol. The summed E-state index contributed by atoms with van der Waals surface area (Å²) in [5.41, 5.74) is 0.457. The van der Waals surface area contributed by atoms with Gasteiger partial charge in [0.2, 0.25) is 0 Å². The molecule has 2 rings (SSSR count). The van der Waals surface area contributed by atoms with Gasteiger partial charge in [0.05, 0.1) is 5.60 Å². The standard InChI is InChI=1S/C17H25FO/c1-2-4-14-5-3-11-17(19,12-10-14)13-15-6-8-16(18)9-7-15/h6-9,14,19H,2-5,10-13H2,1H3. The highest BCUT2D eigenvalue weighted by molar-refractivity contribution is 5.18. The van der Waals surface area contributed by atoms with Gasteiger partial charge in [-0.15, -0.1) is 0 Å². The summed E-state index contributed by atoms with van der Waals surface area (Å²) in [7, 11) is 0. The molecule has 1 saturated carbocycles. The summed E-state index contributed by atoms with van der Waals surface area (Å²) >= 11 is 0. The lowest BCUT2D eigenvalue weighted by atomic mass is 9.87. The molecule has 19 heavy (non-hydrogen) atoms. The summed E-state index contributed by atoms with van der Waals surface area (Å²) in [6.07, 6.45) is 8.44. The van der Waals surface area contributed by atoms with Crippen LogP contribution < -0.4 is 0 Å². The van der Waals surface area contributed by atoms with Gasteiger partial charge in [-0.2, -0.15) is 0 Å². The second kappa shape index (κ2) is 6.51. The Kier molecular flexibility index (Phi) is 4.98. The average Bonchev–Trinajstić information content (AvgIpc) is 2.56. The van der Waals surface area contributed by atoms with E-state index in [1.54, 1.807) is 12.1 Å². The highest BCUT2D eigenvalue weighted by Gasteiger charge is 2.30. The lowest BCUT2D eigenvalue weighted by Crippen LogP contribution is -2.30. The number of benzene rings is 1. The lowest BCUT2D eigenvalue weighted by molar-refractivity contribution is 0.0241. The Bertz CT molecular complexity index is 387. The molecular formula is C17H25FO. The van der Waals surface area contributed by atoms with Gasteiger partial charge in [0, 0.05) is 6.42 Å². The van der Waals surface area contributed by atoms with Gasteiger partial charge >= 0.3 is 0 Å². The second-order valence-electron chi connectivity index (χ2n) is 6.11. The first kappa shape index (κ1) is 14.5. The lowest BCUT2D eigenvalue weighted by Gasteiger charge is -2.27. The van der Waals surface area contributed by atoms with E-state index in [2.05, 4.69) is 6.92 Å². The number of hydrogen-bond donors (Lipinski definition) is 1. The minimum absolute atomic E-state index is 0.209. The Balaban J connectivity index is 1.96. The number of aliphatic hydroxyl groups is 1. The van der Waals surface area contributed by atoms with Crippen molar-refractivity contribution in [2.45, 2.75) is 63.9 Å². The van der Waals surface area contributed by atoms with Crippen LogP contribution >= 0.6 is 0 Å². The van der Waals surface area contributed by atoms with E-state index in [0.717, 1.165) is 37.2 Å². The van der Waals surface area contributed by atoms with Gasteiger partial charge in [-0.3, -0.25) is 0 Å². The number of hydrogen-bond acceptors (Lipinski definition) is 1. The molecule has 106 valence electrons. The largest absolute Gasteiger partial charge is 0.390 e. The van der Waals surface area contributed by atoms with Gasteiger partial charge in [0.1, 0.15) is 5.82 Å². The predicted octanol–water partition coefficient (Wildman–Crippen LogP) is 4.48. The van der Waals surface area contributed by atoms with Crippen molar-refractivity contribution in [2.75, 3.05) is 0 Å². The van der Waals surface area contributed by atoms with Crippen LogP contribution in [-0.4, -0.2) is 10.7 Å². The first-order chi connectivity index (χ1) is 9.11. The molecule has 0 aromatic heterocycles. The van der Waals surface area contributed by atoms with Gasteiger partial charge < -0.3 is 5.11 Å². The van der Waals surface area contributed by atoms with Gasteiger partial charge in [-0.1, -0.05) is 44.7 Å². The highest BCUT2D eigenvalue weighted by atomic mass is 19.1. The molecule has 1 aliphatic carbocycles.